The van der Waals surface area contributed by atoms with Crippen molar-refractivity contribution in [2.45, 2.75) is 71.4 Å². The van der Waals surface area contributed by atoms with Crippen LogP contribution < -0.4 is 10.1 Å². The smallest absolute Gasteiger partial charge is 0.410 e. The van der Waals surface area contributed by atoms with Crippen LogP contribution in [-0.4, -0.2) is 47.3 Å². The molecule has 2 rings (SSSR count). The molecule has 1 fully saturated rings. The fraction of sp³-hybridized carbons (Fsp3) is 0.667. The van der Waals surface area contributed by atoms with Gasteiger partial charge in [0.05, 0.1) is 22.6 Å². The van der Waals surface area contributed by atoms with Crippen LogP contribution in [0.2, 0.25) is 5.02 Å². The van der Waals surface area contributed by atoms with Crippen molar-refractivity contribution in [3.8, 4) is 5.75 Å². The zero-order valence-electron chi connectivity index (χ0n) is 18.2. The van der Waals surface area contributed by atoms with Crippen LogP contribution in [0.5, 0.6) is 5.75 Å². The Morgan fingerprint density at radius 2 is 2.10 bits per heavy atom. The predicted molar refractivity (Wildman–Crippen MR) is 118 cm³/mol. The van der Waals surface area contributed by atoms with Gasteiger partial charge >= 0.3 is 6.09 Å². The molecule has 0 unspecified atom stereocenters. The fourth-order valence-electron chi connectivity index (χ4n) is 3.23. The van der Waals surface area contributed by atoms with E-state index in [1.165, 1.54) is 6.07 Å². The number of nitro benzene ring substituents is 1. The monoisotopic (exact) mass is 441 g/mol. The van der Waals surface area contributed by atoms with Gasteiger partial charge in [-0.1, -0.05) is 24.9 Å². The number of carbonyl (C=O) groups is 1. The van der Waals surface area contributed by atoms with Gasteiger partial charge in [-0.05, 0) is 46.5 Å². The Morgan fingerprint density at radius 3 is 2.73 bits per heavy atom. The number of amides is 1. The van der Waals surface area contributed by atoms with E-state index in [1.54, 1.807) is 11.0 Å². The first-order chi connectivity index (χ1) is 14.1. The molecular weight excluding hydrogens is 410 g/mol. The summed E-state index contributed by atoms with van der Waals surface area (Å²) in [5.74, 6) is 0.377. The van der Waals surface area contributed by atoms with Crippen molar-refractivity contribution in [1.29, 1.82) is 0 Å². The van der Waals surface area contributed by atoms with Gasteiger partial charge in [-0.3, -0.25) is 10.1 Å². The van der Waals surface area contributed by atoms with Gasteiger partial charge in [0.25, 0.3) is 5.69 Å². The number of carbonyl (C=O) groups excluding carboxylic acids is 1. The average molecular weight is 442 g/mol. The lowest BCUT2D eigenvalue weighted by molar-refractivity contribution is -0.384. The maximum absolute atomic E-state index is 12.5. The summed E-state index contributed by atoms with van der Waals surface area (Å²) in [6, 6.07) is 2.81. The van der Waals surface area contributed by atoms with Crippen molar-refractivity contribution >= 4 is 29.1 Å². The average Bonchev–Trinajstić information content (AvgIpc) is 2.88. The van der Waals surface area contributed by atoms with E-state index in [9.17, 15) is 14.9 Å². The van der Waals surface area contributed by atoms with Crippen LogP contribution in [0, 0.1) is 10.1 Å². The molecule has 0 aliphatic carbocycles. The molecule has 1 saturated heterocycles. The molecule has 9 heteroatoms. The highest BCUT2D eigenvalue weighted by atomic mass is 35.5. The van der Waals surface area contributed by atoms with Crippen molar-refractivity contribution in [3.05, 3.63) is 27.3 Å². The number of likely N-dealkylation sites (tertiary alicyclic amines) is 1. The van der Waals surface area contributed by atoms with Gasteiger partial charge in [0, 0.05) is 25.2 Å². The van der Waals surface area contributed by atoms with Crippen LogP contribution in [0.15, 0.2) is 12.1 Å². The van der Waals surface area contributed by atoms with Crippen molar-refractivity contribution in [2.75, 3.05) is 25.0 Å². The standard InChI is InChI=1S/C21H32ClN3O5/c1-5-6-11-29-16-12-17(22)19(18(13-16)25(27)28)23-15-9-7-8-10-24(14-15)20(26)30-21(2,3)4/h12-13,15,23H,5-11,14H2,1-4H3/t15-/m1/s1. The first-order valence-electron chi connectivity index (χ1n) is 10.5. The molecule has 8 nitrogen and oxygen atoms in total. The third kappa shape index (κ3) is 7.23. The largest absolute Gasteiger partial charge is 0.493 e. The minimum Gasteiger partial charge on any atom is -0.493 e. The van der Waals surface area contributed by atoms with Gasteiger partial charge < -0.3 is 19.7 Å². The van der Waals surface area contributed by atoms with E-state index in [0.717, 1.165) is 32.1 Å². The summed E-state index contributed by atoms with van der Waals surface area (Å²) < 4.78 is 11.1. The minimum absolute atomic E-state index is 0.137. The molecule has 1 aliphatic rings. The summed E-state index contributed by atoms with van der Waals surface area (Å²) in [7, 11) is 0. The second-order valence-electron chi connectivity index (χ2n) is 8.52. The van der Waals surface area contributed by atoms with Gasteiger partial charge in [0.1, 0.15) is 17.0 Å². The summed E-state index contributed by atoms with van der Waals surface area (Å²) in [6.07, 6.45) is 3.94. The molecule has 0 saturated carbocycles. The molecule has 0 radical (unpaired) electrons. The topological polar surface area (TPSA) is 93.9 Å². The van der Waals surface area contributed by atoms with Crippen LogP contribution in [0.1, 0.15) is 59.8 Å². The van der Waals surface area contributed by atoms with E-state index >= 15 is 0 Å². The van der Waals surface area contributed by atoms with Crippen LogP contribution in [0.25, 0.3) is 0 Å². The van der Waals surface area contributed by atoms with Crippen LogP contribution in [0.4, 0.5) is 16.2 Å². The number of unbranched alkanes of at least 4 members (excludes halogenated alkanes) is 1. The molecule has 168 valence electrons. The highest BCUT2D eigenvalue weighted by Crippen LogP contribution is 2.38. The Balaban J connectivity index is 2.18. The Kier molecular flexibility index (Phi) is 8.58. The Bertz CT molecular complexity index is 751. The van der Waals surface area contributed by atoms with Gasteiger partial charge in [-0.15, -0.1) is 0 Å². The van der Waals surface area contributed by atoms with E-state index in [1.807, 2.05) is 27.7 Å². The molecule has 0 aromatic heterocycles. The third-order valence-electron chi connectivity index (χ3n) is 4.68. The zero-order chi connectivity index (χ0) is 22.3. The number of halogens is 1. The molecule has 1 heterocycles. The zero-order valence-corrected chi connectivity index (χ0v) is 19.0. The molecule has 30 heavy (non-hydrogen) atoms. The fourth-order valence-corrected chi connectivity index (χ4v) is 3.49. The van der Waals surface area contributed by atoms with Crippen molar-refractivity contribution in [2.24, 2.45) is 0 Å². The molecule has 1 aromatic rings. The second-order valence-corrected chi connectivity index (χ2v) is 8.93. The highest BCUT2D eigenvalue weighted by molar-refractivity contribution is 6.34. The Hall–Kier alpha value is -2.22. The number of benzene rings is 1. The molecule has 0 bridgehead atoms. The SMILES string of the molecule is CCCCOc1cc(Cl)c(N[C@@H]2CCCCN(C(=O)OC(C)(C)C)C2)c([N+](=O)[O-])c1. The molecular formula is C21H32ClN3O5. The molecule has 1 atom stereocenters. The van der Waals surface area contributed by atoms with E-state index in [-0.39, 0.29) is 28.5 Å². The highest BCUT2D eigenvalue weighted by Gasteiger charge is 2.28. The van der Waals surface area contributed by atoms with E-state index in [2.05, 4.69) is 5.32 Å². The van der Waals surface area contributed by atoms with Crippen molar-refractivity contribution in [1.82, 2.24) is 4.90 Å². The number of rotatable bonds is 7. The summed E-state index contributed by atoms with van der Waals surface area (Å²) in [5.41, 5.74) is -0.468. The quantitative estimate of drug-likeness (QED) is 0.335. The number of anilines is 1. The lowest BCUT2D eigenvalue weighted by Crippen LogP contribution is -2.42. The second kappa shape index (κ2) is 10.7. The minimum atomic E-state index is -0.581. The van der Waals surface area contributed by atoms with Crippen molar-refractivity contribution < 1.29 is 19.2 Å². The first-order valence-corrected chi connectivity index (χ1v) is 10.8. The predicted octanol–water partition coefficient (Wildman–Crippen LogP) is 5.63. The summed E-state index contributed by atoms with van der Waals surface area (Å²) in [5, 5.41) is 15.1. The summed E-state index contributed by atoms with van der Waals surface area (Å²) in [6.45, 7) is 8.97. The maximum atomic E-state index is 12.5. The first kappa shape index (κ1) is 24.1. The van der Waals surface area contributed by atoms with Crippen LogP contribution in [-0.2, 0) is 4.74 Å². The summed E-state index contributed by atoms with van der Waals surface area (Å²) in [4.78, 5) is 25.3. The lowest BCUT2D eigenvalue weighted by Gasteiger charge is -2.29. The lowest BCUT2D eigenvalue weighted by atomic mass is 10.1. The van der Waals surface area contributed by atoms with Gasteiger partial charge in [-0.2, -0.15) is 0 Å². The van der Waals surface area contributed by atoms with E-state index < -0.39 is 10.5 Å². The molecule has 0 spiro atoms. The van der Waals surface area contributed by atoms with Gasteiger partial charge in [0.2, 0.25) is 0 Å². The van der Waals surface area contributed by atoms with E-state index in [0.29, 0.717) is 25.4 Å². The van der Waals surface area contributed by atoms with Crippen LogP contribution in [0.3, 0.4) is 0 Å². The normalized spacial score (nSPS) is 17.2. The Morgan fingerprint density at radius 1 is 1.37 bits per heavy atom. The molecule has 1 aliphatic heterocycles. The van der Waals surface area contributed by atoms with E-state index in [4.69, 9.17) is 21.1 Å². The molecule has 1 N–H and O–H groups in total. The number of nitrogens with one attached hydrogen (secondary N) is 1. The summed E-state index contributed by atoms with van der Waals surface area (Å²) >= 11 is 6.39. The molecule has 1 amide bonds. The third-order valence-corrected chi connectivity index (χ3v) is 4.98. The number of nitro groups is 1. The number of nitrogens with zero attached hydrogens (tertiary/aromatic N) is 2. The van der Waals surface area contributed by atoms with Gasteiger partial charge in [-0.25, -0.2) is 4.79 Å². The number of hydrogen-bond donors (Lipinski definition) is 1. The maximum Gasteiger partial charge on any atom is 0.410 e. The molecule has 1 aromatic carbocycles. The Labute approximate surface area is 183 Å². The van der Waals surface area contributed by atoms with Crippen molar-refractivity contribution in [3.63, 3.8) is 0 Å². The number of hydrogen-bond acceptors (Lipinski definition) is 6. The number of ether oxygens (including phenoxy) is 2. The van der Waals surface area contributed by atoms with Gasteiger partial charge in [0.15, 0.2) is 0 Å². The van der Waals surface area contributed by atoms with Crippen LogP contribution >= 0.6 is 11.6 Å².